The number of aliphatic hydroxyl groups excluding tert-OH is 2. The predicted molar refractivity (Wildman–Crippen MR) is 138 cm³/mol. The molecule has 1 heterocycles. The van der Waals surface area contributed by atoms with Crippen LogP contribution in [-0.4, -0.2) is 80.3 Å². The van der Waals surface area contributed by atoms with Gasteiger partial charge in [0, 0.05) is 37.1 Å². The predicted octanol–water partition coefficient (Wildman–Crippen LogP) is -1.14. The fraction of sp³-hybridized carbons (Fsp3) is 0.680. The molecule has 6 atom stereocenters. The number of rotatable bonds is 19. The molecule has 1 aromatic heterocycles. The number of primary amides is 1. The average molecular weight is 539 g/mol. The van der Waals surface area contributed by atoms with Crippen molar-refractivity contribution in [3.63, 3.8) is 0 Å². The molecule has 1 rings (SSSR count). The number of imidazole rings is 1. The molecule has 0 bridgehead atoms. The minimum Gasteiger partial charge on any atom is -0.394 e. The van der Waals surface area contributed by atoms with Gasteiger partial charge in [-0.3, -0.25) is 24.0 Å². The lowest BCUT2D eigenvalue weighted by Gasteiger charge is -2.25. The number of carbonyl (C=O) groups is 5. The standard InChI is InChI=1S/C25H42N6O7/c1-4-5-6-7-19(22(35)8-14(2)24(37)31-20(12-32)23(27)36)30-25(38)17(15(3)33)10-21(34)18(26)9-16-11-28-13-29-16/h11,13-15,17-20,32-33H,4-10,12,26H2,1-3H3,(H2,27,36)(H,28,29)(H,30,38)(H,31,37)/t14-,15-,17+,18+,19+,20+/m1/s1. The van der Waals surface area contributed by atoms with Gasteiger partial charge in [-0.2, -0.15) is 0 Å². The Balaban J connectivity index is 2.88. The fourth-order valence-electron chi connectivity index (χ4n) is 3.85. The van der Waals surface area contributed by atoms with Crippen LogP contribution < -0.4 is 22.1 Å². The van der Waals surface area contributed by atoms with Crippen LogP contribution in [0.25, 0.3) is 0 Å². The number of aromatic amines is 1. The van der Waals surface area contributed by atoms with Crippen LogP contribution in [0, 0.1) is 11.8 Å². The third-order valence-corrected chi connectivity index (χ3v) is 6.35. The topological polar surface area (TPSA) is 231 Å². The summed E-state index contributed by atoms with van der Waals surface area (Å²) in [6, 6.07) is -3.12. The third kappa shape index (κ3) is 11.1. The molecule has 0 fully saturated rings. The molecule has 0 saturated carbocycles. The second kappa shape index (κ2) is 16.6. The summed E-state index contributed by atoms with van der Waals surface area (Å²) in [5.74, 6) is -5.05. The first-order valence-electron chi connectivity index (χ1n) is 12.9. The van der Waals surface area contributed by atoms with Gasteiger partial charge in [-0.25, -0.2) is 4.98 Å². The molecular formula is C25H42N6O7. The van der Waals surface area contributed by atoms with E-state index in [0.29, 0.717) is 18.5 Å². The molecular weight excluding hydrogens is 496 g/mol. The van der Waals surface area contributed by atoms with E-state index in [1.807, 2.05) is 6.92 Å². The number of H-pyrrole nitrogens is 1. The van der Waals surface area contributed by atoms with Gasteiger partial charge in [0.1, 0.15) is 6.04 Å². The molecule has 214 valence electrons. The van der Waals surface area contributed by atoms with Crippen molar-refractivity contribution in [1.29, 1.82) is 0 Å². The van der Waals surface area contributed by atoms with Gasteiger partial charge in [-0.15, -0.1) is 0 Å². The van der Waals surface area contributed by atoms with Gasteiger partial charge in [0.15, 0.2) is 11.6 Å². The molecule has 0 aliphatic carbocycles. The number of nitrogens with one attached hydrogen (secondary N) is 3. The first-order chi connectivity index (χ1) is 17.9. The van der Waals surface area contributed by atoms with Gasteiger partial charge in [0.25, 0.3) is 0 Å². The van der Waals surface area contributed by atoms with E-state index in [9.17, 15) is 34.2 Å². The maximum atomic E-state index is 13.1. The number of aromatic nitrogens is 2. The number of hydrogen-bond donors (Lipinski definition) is 7. The summed E-state index contributed by atoms with van der Waals surface area (Å²) in [5, 5.41) is 24.4. The molecule has 0 aliphatic rings. The molecule has 3 amide bonds. The highest BCUT2D eigenvalue weighted by Gasteiger charge is 2.32. The Morgan fingerprint density at radius 1 is 1.03 bits per heavy atom. The average Bonchev–Trinajstić information content (AvgIpc) is 3.37. The number of Topliss-reactive ketones (excluding diaryl/α,β-unsaturated/α-hetero) is 2. The smallest absolute Gasteiger partial charge is 0.242 e. The van der Waals surface area contributed by atoms with E-state index in [1.54, 1.807) is 0 Å². The number of aliphatic hydroxyl groups is 2. The van der Waals surface area contributed by atoms with E-state index in [2.05, 4.69) is 20.6 Å². The van der Waals surface area contributed by atoms with E-state index < -0.39 is 72.0 Å². The van der Waals surface area contributed by atoms with E-state index in [1.165, 1.54) is 26.4 Å². The molecule has 0 saturated heterocycles. The van der Waals surface area contributed by atoms with E-state index in [-0.39, 0.29) is 19.3 Å². The molecule has 38 heavy (non-hydrogen) atoms. The summed E-state index contributed by atoms with van der Waals surface area (Å²) < 4.78 is 0. The van der Waals surface area contributed by atoms with Crippen molar-refractivity contribution < 1.29 is 34.2 Å². The number of nitrogens with two attached hydrogens (primary N) is 2. The molecule has 0 aromatic carbocycles. The Kier molecular flexibility index (Phi) is 14.4. The van der Waals surface area contributed by atoms with Gasteiger partial charge in [-0.05, 0) is 13.3 Å². The van der Waals surface area contributed by atoms with E-state index in [0.717, 1.165) is 12.8 Å². The van der Waals surface area contributed by atoms with Crippen LogP contribution in [0.15, 0.2) is 12.5 Å². The first kappa shape index (κ1) is 32.9. The Bertz CT molecular complexity index is 921. The van der Waals surface area contributed by atoms with Gasteiger partial charge >= 0.3 is 0 Å². The molecule has 0 aliphatic heterocycles. The molecule has 13 heteroatoms. The summed E-state index contributed by atoms with van der Waals surface area (Å²) >= 11 is 0. The number of amides is 3. The third-order valence-electron chi connectivity index (χ3n) is 6.35. The minimum atomic E-state index is -1.27. The second-order valence-corrected chi connectivity index (χ2v) is 9.68. The summed E-state index contributed by atoms with van der Waals surface area (Å²) in [6.45, 7) is 4.17. The number of unbranched alkanes of at least 4 members (excludes halogenated alkanes) is 2. The highest BCUT2D eigenvalue weighted by atomic mass is 16.3. The highest BCUT2D eigenvalue weighted by molar-refractivity contribution is 5.95. The highest BCUT2D eigenvalue weighted by Crippen LogP contribution is 2.16. The molecule has 9 N–H and O–H groups in total. The van der Waals surface area contributed by atoms with Crippen molar-refractivity contribution in [3.05, 3.63) is 18.2 Å². The van der Waals surface area contributed by atoms with Crippen LogP contribution in [0.3, 0.4) is 0 Å². The van der Waals surface area contributed by atoms with Crippen LogP contribution in [-0.2, 0) is 30.4 Å². The van der Waals surface area contributed by atoms with Crippen LogP contribution >= 0.6 is 0 Å². The lowest BCUT2D eigenvalue weighted by Crippen LogP contribution is -2.50. The summed E-state index contributed by atoms with van der Waals surface area (Å²) in [6.07, 6.45) is 4.09. The summed E-state index contributed by atoms with van der Waals surface area (Å²) in [5.41, 5.74) is 11.8. The molecule has 0 radical (unpaired) electrons. The van der Waals surface area contributed by atoms with Crippen molar-refractivity contribution in [3.8, 4) is 0 Å². The SMILES string of the molecule is CCCCC[C@H](NC(=O)[C@@H](CC(=O)[C@@H](N)Cc1cnc[nH]1)[C@@H](C)O)C(=O)C[C@@H](C)C(=O)N[C@@H](CO)C(N)=O. The lowest BCUT2D eigenvalue weighted by molar-refractivity contribution is -0.136. The van der Waals surface area contributed by atoms with Gasteiger partial charge in [0.05, 0.1) is 37.0 Å². The zero-order valence-corrected chi connectivity index (χ0v) is 22.3. The normalized spacial score (nSPS) is 15.9. The van der Waals surface area contributed by atoms with E-state index in [4.69, 9.17) is 11.5 Å². The fourth-order valence-corrected chi connectivity index (χ4v) is 3.85. The molecule has 0 unspecified atom stereocenters. The zero-order valence-electron chi connectivity index (χ0n) is 22.3. The number of hydrogen-bond acceptors (Lipinski definition) is 9. The largest absolute Gasteiger partial charge is 0.394 e. The molecule has 1 aromatic rings. The van der Waals surface area contributed by atoms with E-state index >= 15 is 0 Å². The Labute approximate surface area is 222 Å². The van der Waals surface area contributed by atoms with Crippen LogP contribution in [0.5, 0.6) is 0 Å². The first-order valence-corrected chi connectivity index (χ1v) is 12.9. The molecule has 13 nitrogen and oxygen atoms in total. The maximum absolute atomic E-state index is 13.1. The van der Waals surface area contributed by atoms with Crippen molar-refractivity contribution >= 4 is 29.3 Å². The Morgan fingerprint density at radius 3 is 2.21 bits per heavy atom. The van der Waals surface area contributed by atoms with Gasteiger partial charge < -0.3 is 37.3 Å². The lowest BCUT2D eigenvalue weighted by atomic mass is 9.91. The maximum Gasteiger partial charge on any atom is 0.242 e. The Hall–Kier alpha value is -3.16. The van der Waals surface area contributed by atoms with Crippen molar-refractivity contribution in [1.82, 2.24) is 20.6 Å². The number of ketones is 2. The Morgan fingerprint density at radius 2 is 1.68 bits per heavy atom. The monoisotopic (exact) mass is 538 g/mol. The zero-order chi connectivity index (χ0) is 28.8. The van der Waals surface area contributed by atoms with Crippen molar-refractivity contribution in [2.45, 2.75) is 89.9 Å². The van der Waals surface area contributed by atoms with Gasteiger partial charge in [-0.1, -0.05) is 33.1 Å². The number of nitrogens with zero attached hydrogens (tertiary/aromatic N) is 1. The summed E-state index contributed by atoms with van der Waals surface area (Å²) in [7, 11) is 0. The van der Waals surface area contributed by atoms with Gasteiger partial charge in [0.2, 0.25) is 17.7 Å². The van der Waals surface area contributed by atoms with Crippen LogP contribution in [0.2, 0.25) is 0 Å². The summed E-state index contributed by atoms with van der Waals surface area (Å²) in [4.78, 5) is 69.3. The molecule has 0 spiro atoms. The van der Waals surface area contributed by atoms with Crippen molar-refractivity contribution in [2.24, 2.45) is 23.3 Å². The van der Waals surface area contributed by atoms with Crippen molar-refractivity contribution in [2.75, 3.05) is 6.61 Å². The van der Waals surface area contributed by atoms with Crippen LogP contribution in [0.4, 0.5) is 0 Å². The van der Waals surface area contributed by atoms with Crippen LogP contribution in [0.1, 0.15) is 65.0 Å². The minimum absolute atomic E-state index is 0.192. The second-order valence-electron chi connectivity index (χ2n) is 9.68. The quantitative estimate of drug-likeness (QED) is 0.105. The number of carbonyl (C=O) groups excluding carboxylic acids is 5.